The van der Waals surface area contributed by atoms with Gasteiger partial charge in [-0.3, -0.25) is 4.90 Å². The summed E-state index contributed by atoms with van der Waals surface area (Å²) in [6.45, 7) is 3.10. The predicted octanol–water partition coefficient (Wildman–Crippen LogP) is 2.91. The molecular formula is C16H18N2O2S. The number of benzene rings is 1. The number of thiazole rings is 1. The standard InChI is InChI=1S/C16H18N2O2S/c19-16(20)14-3-1-2-12(9-14)8-13-4-6-18(10-13)11-15-17-5-7-21-15/h1-3,5,7,9,13H,4,6,8,10-11H2,(H,19,20). The third kappa shape index (κ3) is 3.68. The minimum Gasteiger partial charge on any atom is -0.478 e. The molecule has 2 heterocycles. The molecule has 5 heteroatoms. The first-order chi connectivity index (χ1) is 10.2. The first-order valence-corrected chi connectivity index (χ1v) is 8.01. The third-order valence-electron chi connectivity index (χ3n) is 3.91. The molecule has 0 radical (unpaired) electrons. The number of aromatic nitrogens is 1. The van der Waals surface area contributed by atoms with Crippen LogP contribution >= 0.6 is 11.3 Å². The van der Waals surface area contributed by atoms with Gasteiger partial charge in [0, 0.05) is 18.1 Å². The highest BCUT2D eigenvalue weighted by atomic mass is 32.1. The van der Waals surface area contributed by atoms with Crippen molar-refractivity contribution in [3.05, 3.63) is 52.0 Å². The summed E-state index contributed by atoms with van der Waals surface area (Å²) in [5.74, 6) is -0.248. The van der Waals surface area contributed by atoms with Crippen LogP contribution in [0.3, 0.4) is 0 Å². The van der Waals surface area contributed by atoms with Crippen molar-refractivity contribution >= 4 is 17.3 Å². The van der Waals surface area contributed by atoms with Gasteiger partial charge in [0.1, 0.15) is 5.01 Å². The Hall–Kier alpha value is -1.72. The van der Waals surface area contributed by atoms with Crippen LogP contribution in [0.2, 0.25) is 0 Å². The Bertz CT molecular complexity index is 612. The average Bonchev–Trinajstić information content (AvgIpc) is 3.12. The molecule has 0 saturated carbocycles. The lowest BCUT2D eigenvalue weighted by molar-refractivity contribution is 0.0696. The molecule has 1 aromatic carbocycles. The van der Waals surface area contributed by atoms with Crippen molar-refractivity contribution in [3.8, 4) is 0 Å². The van der Waals surface area contributed by atoms with E-state index in [2.05, 4.69) is 9.88 Å². The summed E-state index contributed by atoms with van der Waals surface area (Å²) < 4.78 is 0. The minimum absolute atomic E-state index is 0.380. The second-order valence-electron chi connectivity index (χ2n) is 5.53. The van der Waals surface area contributed by atoms with E-state index >= 15 is 0 Å². The monoisotopic (exact) mass is 302 g/mol. The molecule has 1 unspecified atom stereocenters. The van der Waals surface area contributed by atoms with E-state index in [-0.39, 0.29) is 0 Å². The number of carboxylic acid groups (broad SMARTS) is 1. The maximum Gasteiger partial charge on any atom is 0.335 e. The summed E-state index contributed by atoms with van der Waals surface area (Å²) in [5.41, 5.74) is 1.50. The summed E-state index contributed by atoms with van der Waals surface area (Å²) in [4.78, 5) is 17.8. The second-order valence-corrected chi connectivity index (χ2v) is 6.50. The molecule has 21 heavy (non-hydrogen) atoms. The maximum absolute atomic E-state index is 11.0. The smallest absolute Gasteiger partial charge is 0.335 e. The molecule has 1 aliphatic heterocycles. The molecule has 1 atom stereocenters. The molecule has 1 saturated heterocycles. The lowest BCUT2D eigenvalue weighted by Gasteiger charge is -2.14. The summed E-state index contributed by atoms with van der Waals surface area (Å²) in [6, 6.07) is 7.30. The number of hydrogen-bond acceptors (Lipinski definition) is 4. The van der Waals surface area contributed by atoms with E-state index in [1.165, 1.54) is 11.4 Å². The first-order valence-electron chi connectivity index (χ1n) is 7.13. The van der Waals surface area contributed by atoms with Gasteiger partial charge in [-0.25, -0.2) is 9.78 Å². The van der Waals surface area contributed by atoms with Gasteiger partial charge < -0.3 is 5.11 Å². The SMILES string of the molecule is O=C(O)c1cccc(CC2CCN(Cc3nccs3)C2)c1. The van der Waals surface area contributed by atoms with Crippen molar-refractivity contribution in [2.24, 2.45) is 5.92 Å². The van der Waals surface area contributed by atoms with E-state index in [1.807, 2.05) is 23.7 Å². The summed E-state index contributed by atoms with van der Waals surface area (Å²) >= 11 is 1.70. The van der Waals surface area contributed by atoms with E-state index in [9.17, 15) is 4.79 Å². The Morgan fingerprint density at radius 3 is 3.14 bits per heavy atom. The Kier molecular flexibility index (Phi) is 4.31. The molecule has 3 rings (SSSR count). The molecule has 0 amide bonds. The topological polar surface area (TPSA) is 53.4 Å². The lowest BCUT2D eigenvalue weighted by Crippen LogP contribution is -2.20. The Morgan fingerprint density at radius 1 is 1.48 bits per heavy atom. The van der Waals surface area contributed by atoms with E-state index in [0.717, 1.165) is 31.6 Å². The molecule has 1 aromatic heterocycles. The van der Waals surface area contributed by atoms with Crippen LogP contribution in [0.25, 0.3) is 0 Å². The summed E-state index contributed by atoms with van der Waals surface area (Å²) in [6.07, 6.45) is 3.98. The second kappa shape index (κ2) is 6.37. The van der Waals surface area contributed by atoms with Gasteiger partial charge in [0.25, 0.3) is 0 Å². The molecule has 0 bridgehead atoms. The van der Waals surface area contributed by atoms with Crippen LogP contribution in [0, 0.1) is 5.92 Å². The fourth-order valence-corrected chi connectivity index (χ4v) is 3.57. The van der Waals surface area contributed by atoms with E-state index in [4.69, 9.17) is 5.11 Å². The fraction of sp³-hybridized carbons (Fsp3) is 0.375. The predicted molar refractivity (Wildman–Crippen MR) is 82.6 cm³/mol. The zero-order valence-electron chi connectivity index (χ0n) is 11.7. The van der Waals surface area contributed by atoms with Crippen molar-refractivity contribution in [3.63, 3.8) is 0 Å². The molecule has 1 aliphatic rings. The Labute approximate surface area is 128 Å². The number of likely N-dealkylation sites (tertiary alicyclic amines) is 1. The largest absolute Gasteiger partial charge is 0.478 e. The zero-order chi connectivity index (χ0) is 14.7. The number of carbonyl (C=O) groups is 1. The third-order valence-corrected chi connectivity index (χ3v) is 4.67. The van der Waals surface area contributed by atoms with Crippen molar-refractivity contribution < 1.29 is 9.90 Å². The number of carboxylic acids is 1. The molecule has 2 aromatic rings. The van der Waals surface area contributed by atoms with Gasteiger partial charge in [-0.2, -0.15) is 0 Å². The highest BCUT2D eigenvalue weighted by molar-refractivity contribution is 7.09. The zero-order valence-corrected chi connectivity index (χ0v) is 12.6. The van der Waals surface area contributed by atoms with Gasteiger partial charge >= 0.3 is 5.97 Å². The van der Waals surface area contributed by atoms with Crippen LogP contribution in [0.15, 0.2) is 35.8 Å². The van der Waals surface area contributed by atoms with Crippen LogP contribution in [0.4, 0.5) is 0 Å². The molecule has 0 spiro atoms. The van der Waals surface area contributed by atoms with Crippen LogP contribution in [-0.2, 0) is 13.0 Å². The molecular weight excluding hydrogens is 284 g/mol. The van der Waals surface area contributed by atoms with Crippen LogP contribution in [0.5, 0.6) is 0 Å². The number of hydrogen-bond donors (Lipinski definition) is 1. The number of aromatic carboxylic acids is 1. The van der Waals surface area contributed by atoms with Crippen molar-refractivity contribution in [1.29, 1.82) is 0 Å². The fourth-order valence-electron chi connectivity index (χ4n) is 2.91. The van der Waals surface area contributed by atoms with E-state index < -0.39 is 5.97 Å². The van der Waals surface area contributed by atoms with Crippen LogP contribution < -0.4 is 0 Å². The van der Waals surface area contributed by atoms with Crippen molar-refractivity contribution in [2.45, 2.75) is 19.4 Å². The maximum atomic E-state index is 11.0. The Balaban J connectivity index is 1.57. The normalized spacial score (nSPS) is 19.0. The van der Waals surface area contributed by atoms with Crippen molar-refractivity contribution in [1.82, 2.24) is 9.88 Å². The van der Waals surface area contributed by atoms with Gasteiger partial charge in [0.2, 0.25) is 0 Å². The molecule has 1 N–H and O–H groups in total. The molecule has 0 aliphatic carbocycles. The van der Waals surface area contributed by atoms with Gasteiger partial charge in [-0.05, 0) is 43.0 Å². The summed E-state index contributed by atoms with van der Waals surface area (Å²) in [7, 11) is 0. The molecule has 4 nitrogen and oxygen atoms in total. The van der Waals surface area contributed by atoms with Gasteiger partial charge in [-0.15, -0.1) is 11.3 Å². The number of nitrogens with zero attached hydrogens (tertiary/aromatic N) is 2. The van der Waals surface area contributed by atoms with Crippen LogP contribution in [0.1, 0.15) is 27.3 Å². The van der Waals surface area contributed by atoms with E-state index in [1.54, 1.807) is 23.5 Å². The number of rotatable bonds is 5. The molecule has 1 fully saturated rings. The van der Waals surface area contributed by atoms with Crippen molar-refractivity contribution in [2.75, 3.05) is 13.1 Å². The van der Waals surface area contributed by atoms with Gasteiger partial charge in [0.15, 0.2) is 0 Å². The quantitative estimate of drug-likeness (QED) is 0.922. The highest BCUT2D eigenvalue weighted by Crippen LogP contribution is 2.23. The first kappa shape index (κ1) is 14.2. The summed E-state index contributed by atoms with van der Waals surface area (Å²) in [5, 5.41) is 12.2. The highest BCUT2D eigenvalue weighted by Gasteiger charge is 2.23. The van der Waals surface area contributed by atoms with E-state index in [0.29, 0.717) is 11.5 Å². The lowest BCUT2D eigenvalue weighted by atomic mass is 9.97. The average molecular weight is 302 g/mol. The van der Waals surface area contributed by atoms with Crippen LogP contribution in [-0.4, -0.2) is 34.0 Å². The van der Waals surface area contributed by atoms with Gasteiger partial charge in [-0.1, -0.05) is 12.1 Å². The minimum atomic E-state index is -0.853. The Morgan fingerprint density at radius 2 is 2.38 bits per heavy atom. The van der Waals surface area contributed by atoms with Gasteiger partial charge in [0.05, 0.1) is 12.1 Å². The molecule has 110 valence electrons.